The van der Waals surface area contributed by atoms with Crippen molar-refractivity contribution in [1.82, 2.24) is 20.2 Å². The number of amides is 2. The Morgan fingerprint density at radius 3 is 3.00 bits per heavy atom. The van der Waals surface area contributed by atoms with Gasteiger partial charge in [-0.15, -0.1) is 0 Å². The van der Waals surface area contributed by atoms with Gasteiger partial charge in [0.2, 0.25) is 17.7 Å². The zero-order chi connectivity index (χ0) is 16.7. The van der Waals surface area contributed by atoms with E-state index in [1.165, 1.54) is 6.92 Å². The quantitative estimate of drug-likeness (QED) is 0.788. The number of hydrogen-bond acceptors (Lipinski definition) is 6. The lowest BCUT2D eigenvalue weighted by Gasteiger charge is -2.23. The van der Waals surface area contributed by atoms with Crippen molar-refractivity contribution >= 4 is 23.6 Å². The van der Waals surface area contributed by atoms with Gasteiger partial charge in [0.25, 0.3) is 0 Å². The van der Waals surface area contributed by atoms with Gasteiger partial charge in [0.1, 0.15) is 12.1 Å². The van der Waals surface area contributed by atoms with Crippen LogP contribution in [0.25, 0.3) is 0 Å². The second-order valence-corrected chi connectivity index (χ2v) is 6.38. The van der Waals surface area contributed by atoms with E-state index in [0.29, 0.717) is 25.4 Å². The average molecular weight is 338 g/mol. The molecule has 0 aromatic carbocycles. The maximum absolute atomic E-state index is 12.6. The minimum Gasteiger partial charge on any atom is -0.471 e. The molecule has 7 nitrogen and oxygen atoms in total. The molecular weight excluding hydrogens is 316 g/mol. The lowest BCUT2D eigenvalue weighted by molar-refractivity contribution is -0.135. The molecule has 0 spiro atoms. The van der Waals surface area contributed by atoms with Gasteiger partial charge in [0.05, 0.1) is 12.7 Å². The van der Waals surface area contributed by atoms with Gasteiger partial charge in [0, 0.05) is 32.3 Å². The molecule has 1 aromatic rings. The molecule has 0 aliphatic carbocycles. The van der Waals surface area contributed by atoms with Crippen LogP contribution in [0.4, 0.5) is 0 Å². The highest BCUT2D eigenvalue weighted by Gasteiger charge is 2.32. The minimum absolute atomic E-state index is 0.0421. The first-order valence-corrected chi connectivity index (χ1v) is 8.97. The zero-order valence-electron chi connectivity index (χ0n) is 13.4. The number of nitrogens with zero attached hydrogens (tertiary/aromatic N) is 3. The second kappa shape index (κ2) is 8.71. The lowest BCUT2D eigenvalue weighted by Crippen LogP contribution is -2.48. The zero-order valence-corrected chi connectivity index (χ0v) is 14.2. The Hall–Kier alpha value is -1.83. The van der Waals surface area contributed by atoms with Crippen molar-refractivity contribution < 1.29 is 14.3 Å². The Morgan fingerprint density at radius 1 is 1.52 bits per heavy atom. The average Bonchev–Trinajstić information content (AvgIpc) is 3.00. The highest BCUT2D eigenvalue weighted by molar-refractivity contribution is 7.98. The summed E-state index contributed by atoms with van der Waals surface area (Å²) < 4.78 is 5.74. The molecule has 1 aliphatic heterocycles. The van der Waals surface area contributed by atoms with Crippen LogP contribution in [0.15, 0.2) is 18.6 Å². The summed E-state index contributed by atoms with van der Waals surface area (Å²) in [6.07, 6.45) is 7.99. The predicted molar refractivity (Wildman–Crippen MR) is 88.2 cm³/mol. The molecule has 0 bridgehead atoms. The Bertz CT molecular complexity index is 529. The molecule has 8 heteroatoms. The third-order valence-electron chi connectivity index (χ3n) is 3.57. The fourth-order valence-electron chi connectivity index (χ4n) is 2.50. The van der Waals surface area contributed by atoms with E-state index in [4.69, 9.17) is 4.74 Å². The van der Waals surface area contributed by atoms with E-state index in [9.17, 15) is 9.59 Å². The van der Waals surface area contributed by atoms with Gasteiger partial charge in [-0.1, -0.05) is 0 Å². The molecule has 2 amide bonds. The molecule has 1 saturated heterocycles. The summed E-state index contributed by atoms with van der Waals surface area (Å²) in [4.78, 5) is 33.7. The van der Waals surface area contributed by atoms with Crippen LogP contribution < -0.4 is 10.1 Å². The van der Waals surface area contributed by atoms with Gasteiger partial charge < -0.3 is 15.0 Å². The summed E-state index contributed by atoms with van der Waals surface area (Å²) in [6, 6.07) is -0.463. The number of rotatable bonds is 7. The molecule has 1 N–H and O–H groups in total. The lowest BCUT2D eigenvalue weighted by atomic mass is 10.2. The molecule has 2 rings (SSSR count). The van der Waals surface area contributed by atoms with Crippen molar-refractivity contribution in [1.29, 1.82) is 0 Å². The third-order valence-corrected chi connectivity index (χ3v) is 4.21. The van der Waals surface area contributed by atoms with E-state index < -0.39 is 6.04 Å². The van der Waals surface area contributed by atoms with Gasteiger partial charge >= 0.3 is 0 Å². The Kier molecular flexibility index (Phi) is 6.64. The van der Waals surface area contributed by atoms with Crippen LogP contribution in [0, 0.1) is 0 Å². The van der Waals surface area contributed by atoms with Crippen LogP contribution in [-0.4, -0.2) is 63.9 Å². The fourth-order valence-corrected chi connectivity index (χ4v) is 2.97. The van der Waals surface area contributed by atoms with Crippen molar-refractivity contribution in [3.8, 4) is 5.88 Å². The summed E-state index contributed by atoms with van der Waals surface area (Å²) in [5.74, 6) is 1.06. The summed E-state index contributed by atoms with van der Waals surface area (Å²) in [5, 5.41) is 2.75. The standard InChI is InChI=1S/C15H22N4O3S/c1-11(20)18-13(4-8-23-2)15(21)19-7-3-12(10-19)22-14-9-16-5-6-17-14/h5-6,9,12-13H,3-4,7-8,10H2,1-2H3,(H,18,20)/t12-,13+/m1/s1. The molecule has 0 saturated carbocycles. The molecule has 2 heterocycles. The van der Waals surface area contributed by atoms with E-state index >= 15 is 0 Å². The number of likely N-dealkylation sites (tertiary alicyclic amines) is 1. The highest BCUT2D eigenvalue weighted by atomic mass is 32.2. The van der Waals surface area contributed by atoms with Crippen molar-refractivity contribution in [2.45, 2.75) is 31.9 Å². The van der Waals surface area contributed by atoms with Gasteiger partial charge in [0.15, 0.2) is 0 Å². The number of carbonyl (C=O) groups is 2. The molecule has 1 aromatic heterocycles. The largest absolute Gasteiger partial charge is 0.471 e. The van der Waals surface area contributed by atoms with Crippen LogP contribution >= 0.6 is 11.8 Å². The normalized spacial score (nSPS) is 18.5. The van der Waals surface area contributed by atoms with Gasteiger partial charge in [-0.3, -0.25) is 14.6 Å². The highest BCUT2D eigenvalue weighted by Crippen LogP contribution is 2.17. The Balaban J connectivity index is 1.90. The predicted octanol–water partition coefficient (Wildman–Crippen LogP) is 0.714. The van der Waals surface area contributed by atoms with Crippen molar-refractivity contribution in [2.75, 3.05) is 25.1 Å². The van der Waals surface area contributed by atoms with Crippen molar-refractivity contribution in [3.63, 3.8) is 0 Å². The number of thioether (sulfide) groups is 1. The van der Waals surface area contributed by atoms with E-state index in [0.717, 1.165) is 12.2 Å². The molecule has 0 radical (unpaired) electrons. The molecule has 2 atom stereocenters. The summed E-state index contributed by atoms with van der Waals surface area (Å²) in [7, 11) is 0. The van der Waals surface area contributed by atoms with Gasteiger partial charge in [-0.25, -0.2) is 4.98 Å². The molecular formula is C15H22N4O3S. The van der Waals surface area contributed by atoms with E-state index in [1.807, 2.05) is 6.26 Å². The molecule has 1 fully saturated rings. The first-order chi connectivity index (χ1) is 11.1. The first-order valence-electron chi connectivity index (χ1n) is 7.57. The van der Waals surface area contributed by atoms with Crippen LogP contribution in [-0.2, 0) is 9.59 Å². The smallest absolute Gasteiger partial charge is 0.245 e. The Labute approximate surface area is 140 Å². The molecule has 126 valence electrons. The molecule has 1 aliphatic rings. The number of carbonyl (C=O) groups excluding carboxylic acids is 2. The summed E-state index contributed by atoms with van der Waals surface area (Å²) >= 11 is 1.66. The van der Waals surface area contributed by atoms with E-state index in [2.05, 4.69) is 15.3 Å². The van der Waals surface area contributed by atoms with Crippen molar-refractivity contribution in [3.05, 3.63) is 18.6 Å². The third kappa shape index (κ3) is 5.38. The number of nitrogens with one attached hydrogen (secondary N) is 1. The van der Waals surface area contributed by atoms with E-state index in [-0.39, 0.29) is 17.9 Å². The van der Waals surface area contributed by atoms with Crippen LogP contribution in [0.5, 0.6) is 5.88 Å². The van der Waals surface area contributed by atoms with Gasteiger partial charge in [-0.05, 0) is 18.4 Å². The van der Waals surface area contributed by atoms with Crippen molar-refractivity contribution in [2.24, 2.45) is 0 Å². The number of hydrogen-bond donors (Lipinski definition) is 1. The first kappa shape index (κ1) is 17.5. The SMILES string of the molecule is CSCC[C@H](NC(C)=O)C(=O)N1CC[C@@H](Oc2cnccn2)C1. The van der Waals surface area contributed by atoms with Crippen LogP contribution in [0.3, 0.4) is 0 Å². The van der Waals surface area contributed by atoms with Crippen LogP contribution in [0.2, 0.25) is 0 Å². The second-order valence-electron chi connectivity index (χ2n) is 5.39. The van der Waals surface area contributed by atoms with E-state index in [1.54, 1.807) is 35.3 Å². The summed E-state index contributed by atoms with van der Waals surface area (Å²) in [5.41, 5.74) is 0. The topological polar surface area (TPSA) is 84.4 Å². The monoisotopic (exact) mass is 338 g/mol. The maximum Gasteiger partial charge on any atom is 0.245 e. The maximum atomic E-state index is 12.6. The minimum atomic E-state index is -0.463. The van der Waals surface area contributed by atoms with Gasteiger partial charge in [-0.2, -0.15) is 11.8 Å². The molecule has 0 unspecified atom stereocenters. The fraction of sp³-hybridized carbons (Fsp3) is 0.600. The molecule has 23 heavy (non-hydrogen) atoms. The Morgan fingerprint density at radius 2 is 2.35 bits per heavy atom. The number of aromatic nitrogens is 2. The van der Waals surface area contributed by atoms with Crippen LogP contribution in [0.1, 0.15) is 19.8 Å². The summed E-state index contributed by atoms with van der Waals surface area (Å²) in [6.45, 7) is 2.56. The number of ether oxygens (including phenoxy) is 1.